The van der Waals surface area contributed by atoms with Crippen LogP contribution in [0.4, 0.5) is 4.39 Å². The molecule has 116 valence electrons. The largest absolute Gasteiger partial charge is 0.338 e. The molecule has 0 saturated carbocycles. The quantitative estimate of drug-likeness (QED) is 0.868. The van der Waals surface area contributed by atoms with Crippen LogP contribution in [0.3, 0.4) is 0 Å². The van der Waals surface area contributed by atoms with Gasteiger partial charge in [0.25, 0.3) is 5.91 Å². The molecule has 1 amide bonds. The van der Waals surface area contributed by atoms with Crippen molar-refractivity contribution in [3.8, 4) is 0 Å². The Hall–Kier alpha value is -1.88. The second kappa shape index (κ2) is 6.08. The van der Waals surface area contributed by atoms with E-state index < -0.39 is 5.82 Å². The molecular weight excluding hydrogens is 305 g/mol. The third-order valence-corrected chi connectivity index (χ3v) is 4.14. The zero-order valence-corrected chi connectivity index (χ0v) is 13.1. The summed E-state index contributed by atoms with van der Waals surface area (Å²) >= 11 is 5.80. The number of aromatic nitrogens is 2. The fourth-order valence-electron chi connectivity index (χ4n) is 2.81. The Balaban J connectivity index is 1.60. The van der Waals surface area contributed by atoms with Gasteiger partial charge < -0.3 is 9.47 Å². The summed E-state index contributed by atoms with van der Waals surface area (Å²) in [4.78, 5) is 18.3. The number of amides is 1. The van der Waals surface area contributed by atoms with Crippen LogP contribution in [0.1, 0.15) is 23.1 Å². The first-order valence-electron chi connectivity index (χ1n) is 7.32. The molecule has 1 aliphatic heterocycles. The van der Waals surface area contributed by atoms with Gasteiger partial charge in [-0.25, -0.2) is 9.37 Å². The van der Waals surface area contributed by atoms with Gasteiger partial charge in [-0.2, -0.15) is 0 Å². The standard InChI is InChI=1S/C16H17ClFN3O/c1-2-15-19-3-4-20(15)8-11-9-21(10-11)16(22)12-5-13(17)7-14(18)6-12/h3-7,11H,2,8-10H2,1H3. The number of benzene rings is 1. The molecule has 6 heteroatoms. The molecule has 0 aliphatic carbocycles. The van der Waals surface area contributed by atoms with Crippen molar-refractivity contribution in [2.75, 3.05) is 13.1 Å². The van der Waals surface area contributed by atoms with Gasteiger partial charge in [-0.1, -0.05) is 18.5 Å². The van der Waals surface area contributed by atoms with Crippen molar-refractivity contribution in [2.24, 2.45) is 5.92 Å². The maximum Gasteiger partial charge on any atom is 0.254 e. The summed E-state index contributed by atoms with van der Waals surface area (Å²) in [5.41, 5.74) is 0.306. The third kappa shape index (κ3) is 2.99. The van der Waals surface area contributed by atoms with Crippen molar-refractivity contribution in [3.05, 3.63) is 52.8 Å². The van der Waals surface area contributed by atoms with Gasteiger partial charge in [-0.05, 0) is 18.2 Å². The van der Waals surface area contributed by atoms with Gasteiger partial charge in [0, 0.05) is 55.0 Å². The van der Waals surface area contributed by atoms with E-state index >= 15 is 0 Å². The van der Waals surface area contributed by atoms with E-state index in [-0.39, 0.29) is 10.9 Å². The van der Waals surface area contributed by atoms with Crippen LogP contribution in [0.5, 0.6) is 0 Å². The van der Waals surface area contributed by atoms with Crippen LogP contribution in [0, 0.1) is 11.7 Å². The van der Waals surface area contributed by atoms with Crippen molar-refractivity contribution < 1.29 is 9.18 Å². The minimum atomic E-state index is -0.487. The maximum absolute atomic E-state index is 13.3. The van der Waals surface area contributed by atoms with Crippen LogP contribution in [0.25, 0.3) is 0 Å². The molecule has 1 aliphatic rings. The lowest BCUT2D eigenvalue weighted by molar-refractivity contribution is 0.0467. The molecule has 1 aromatic carbocycles. The number of carbonyl (C=O) groups excluding carboxylic acids is 1. The molecule has 22 heavy (non-hydrogen) atoms. The number of hydrogen-bond donors (Lipinski definition) is 0. The first-order chi connectivity index (χ1) is 10.6. The van der Waals surface area contributed by atoms with Crippen LogP contribution >= 0.6 is 11.6 Å². The zero-order valence-electron chi connectivity index (χ0n) is 12.3. The van der Waals surface area contributed by atoms with E-state index in [1.54, 1.807) is 11.1 Å². The SMILES string of the molecule is CCc1nccn1CC1CN(C(=O)c2cc(F)cc(Cl)c2)C1. The average Bonchev–Trinajstić information content (AvgIpc) is 2.87. The fraction of sp³-hybridized carbons (Fsp3) is 0.375. The van der Waals surface area contributed by atoms with Crippen molar-refractivity contribution in [1.29, 1.82) is 0 Å². The number of imidazole rings is 1. The summed E-state index contributed by atoms with van der Waals surface area (Å²) in [6.07, 6.45) is 4.66. The Kier molecular flexibility index (Phi) is 4.16. The molecular formula is C16H17ClFN3O. The van der Waals surface area contributed by atoms with Crippen LogP contribution in [0.15, 0.2) is 30.6 Å². The van der Waals surface area contributed by atoms with Crippen molar-refractivity contribution in [2.45, 2.75) is 19.9 Å². The summed E-state index contributed by atoms with van der Waals surface area (Å²) < 4.78 is 15.5. The summed E-state index contributed by atoms with van der Waals surface area (Å²) in [6.45, 7) is 4.28. The number of carbonyl (C=O) groups is 1. The van der Waals surface area contributed by atoms with E-state index in [0.717, 1.165) is 18.8 Å². The molecule has 0 spiro atoms. The lowest BCUT2D eigenvalue weighted by Gasteiger charge is -2.39. The molecule has 0 bridgehead atoms. The molecule has 3 rings (SSSR count). The Morgan fingerprint density at radius 3 is 2.86 bits per heavy atom. The van der Waals surface area contributed by atoms with Crippen molar-refractivity contribution >= 4 is 17.5 Å². The van der Waals surface area contributed by atoms with Gasteiger partial charge in [-0.15, -0.1) is 0 Å². The highest BCUT2D eigenvalue weighted by atomic mass is 35.5. The number of nitrogens with zero attached hydrogens (tertiary/aromatic N) is 3. The molecule has 2 heterocycles. The Bertz CT molecular complexity index is 674. The van der Waals surface area contributed by atoms with Gasteiger partial charge >= 0.3 is 0 Å². The highest BCUT2D eigenvalue weighted by Gasteiger charge is 2.31. The monoisotopic (exact) mass is 321 g/mol. The average molecular weight is 322 g/mol. The van der Waals surface area contributed by atoms with Crippen LogP contribution in [-0.4, -0.2) is 33.4 Å². The molecule has 2 aromatic rings. The molecule has 4 nitrogen and oxygen atoms in total. The first kappa shape index (κ1) is 15.0. The Labute approximate surface area is 133 Å². The van der Waals surface area contributed by atoms with E-state index in [1.165, 1.54) is 18.2 Å². The van der Waals surface area contributed by atoms with E-state index in [0.29, 0.717) is 24.6 Å². The van der Waals surface area contributed by atoms with Crippen molar-refractivity contribution in [1.82, 2.24) is 14.5 Å². The number of halogens is 2. The predicted molar refractivity (Wildman–Crippen MR) is 82.4 cm³/mol. The summed E-state index contributed by atoms with van der Waals surface area (Å²) in [7, 11) is 0. The minimum absolute atomic E-state index is 0.168. The predicted octanol–water partition coefficient (Wildman–Crippen LogP) is 3.01. The molecule has 1 fully saturated rings. The molecule has 1 aromatic heterocycles. The second-order valence-electron chi connectivity index (χ2n) is 5.58. The summed E-state index contributed by atoms with van der Waals surface area (Å²) in [5, 5.41) is 0.242. The van der Waals surface area contributed by atoms with E-state index in [4.69, 9.17) is 11.6 Å². The lowest BCUT2D eigenvalue weighted by atomic mass is 9.98. The highest BCUT2D eigenvalue weighted by Crippen LogP contribution is 2.23. The van der Waals surface area contributed by atoms with Gasteiger partial charge in [0.1, 0.15) is 11.6 Å². The Morgan fingerprint density at radius 1 is 1.41 bits per heavy atom. The molecule has 0 N–H and O–H groups in total. The first-order valence-corrected chi connectivity index (χ1v) is 7.70. The molecule has 1 saturated heterocycles. The smallest absolute Gasteiger partial charge is 0.254 e. The van der Waals surface area contributed by atoms with Gasteiger partial charge in [-0.3, -0.25) is 4.79 Å². The summed E-state index contributed by atoms with van der Waals surface area (Å²) in [5.74, 6) is 0.812. The number of hydrogen-bond acceptors (Lipinski definition) is 2. The van der Waals surface area contributed by atoms with Crippen molar-refractivity contribution in [3.63, 3.8) is 0 Å². The third-order valence-electron chi connectivity index (χ3n) is 3.93. The van der Waals surface area contributed by atoms with Crippen LogP contribution < -0.4 is 0 Å². The molecule has 0 atom stereocenters. The maximum atomic E-state index is 13.3. The number of aryl methyl sites for hydroxylation is 1. The van der Waals surface area contributed by atoms with Crippen LogP contribution in [-0.2, 0) is 13.0 Å². The van der Waals surface area contributed by atoms with Gasteiger partial charge in [0.2, 0.25) is 0 Å². The number of likely N-dealkylation sites (tertiary alicyclic amines) is 1. The van der Waals surface area contributed by atoms with Crippen LogP contribution in [0.2, 0.25) is 5.02 Å². The van der Waals surface area contributed by atoms with Gasteiger partial charge in [0.05, 0.1) is 0 Å². The molecule has 0 radical (unpaired) electrons. The second-order valence-corrected chi connectivity index (χ2v) is 6.02. The van der Waals surface area contributed by atoms with Gasteiger partial charge in [0.15, 0.2) is 0 Å². The highest BCUT2D eigenvalue weighted by molar-refractivity contribution is 6.31. The number of rotatable bonds is 4. The summed E-state index contributed by atoms with van der Waals surface area (Å²) in [6, 6.07) is 3.93. The normalized spacial score (nSPS) is 15.0. The molecule has 0 unspecified atom stereocenters. The Morgan fingerprint density at radius 2 is 2.18 bits per heavy atom. The van der Waals surface area contributed by atoms with E-state index in [2.05, 4.69) is 16.5 Å². The zero-order chi connectivity index (χ0) is 15.7. The lowest BCUT2D eigenvalue weighted by Crippen LogP contribution is -2.51. The fourth-order valence-corrected chi connectivity index (χ4v) is 3.03. The van der Waals surface area contributed by atoms with E-state index in [1.807, 2.05) is 6.20 Å². The minimum Gasteiger partial charge on any atom is -0.338 e. The van der Waals surface area contributed by atoms with E-state index in [9.17, 15) is 9.18 Å². The topological polar surface area (TPSA) is 38.1 Å².